The number of pyridine rings is 1. The van der Waals surface area contributed by atoms with Gasteiger partial charge in [-0.25, -0.2) is 4.98 Å². The van der Waals surface area contributed by atoms with Crippen LogP contribution in [0.25, 0.3) is 121 Å². The van der Waals surface area contributed by atoms with Crippen LogP contribution in [0.2, 0.25) is 0 Å². The average molecular weight is 827 g/mol. The first-order chi connectivity index (χ1) is 36.4. The maximum Gasteiger partial charge on any atom is 0.140 e. The molecule has 0 aliphatic rings. The fourth-order valence-electron chi connectivity index (χ4n) is 10.0. The summed E-state index contributed by atoms with van der Waals surface area (Å²) < 4.78 is 111. The van der Waals surface area contributed by atoms with Gasteiger partial charge < -0.3 is 13.7 Å². The van der Waals surface area contributed by atoms with Gasteiger partial charge in [-0.1, -0.05) is 151 Å². The molecule has 0 unspecified atom stereocenters. The minimum absolute atomic E-state index is 0.0220. The highest BCUT2D eigenvalue weighted by molar-refractivity contribution is 6.13. The van der Waals surface area contributed by atoms with Crippen LogP contribution >= 0.6 is 0 Å². The fourth-order valence-corrected chi connectivity index (χ4v) is 10.0. The predicted octanol–water partition coefficient (Wildman–Crippen LogP) is 15.1. The molecule has 0 saturated heterocycles. The number of hydrogen-bond acceptors (Lipinski definition) is 1. The zero-order valence-corrected chi connectivity index (χ0v) is 33.7. The van der Waals surface area contributed by atoms with Crippen LogP contribution in [0.1, 0.15) is 15.1 Å². The maximum absolute atomic E-state index is 10.2. The van der Waals surface area contributed by atoms with E-state index in [2.05, 4.69) is 4.57 Å². The molecule has 0 spiro atoms. The Kier molecular flexibility index (Phi) is 5.44. The van der Waals surface area contributed by atoms with Gasteiger partial charge in [-0.05, 0) is 66.6 Å². The molecule has 5 heteroatoms. The second-order valence-corrected chi connectivity index (χ2v) is 15.9. The highest BCUT2D eigenvalue weighted by Crippen LogP contribution is 2.44. The van der Waals surface area contributed by atoms with Gasteiger partial charge in [-0.15, -0.1) is 0 Å². The van der Waals surface area contributed by atoms with Crippen LogP contribution in [0.3, 0.4) is 0 Å². The molecule has 0 aliphatic carbocycles. The summed E-state index contributed by atoms with van der Waals surface area (Å²) in [5.74, 6) is 0.0220. The molecule has 0 radical (unpaired) electrons. The van der Waals surface area contributed by atoms with Gasteiger partial charge in [0.05, 0.1) is 82.0 Å². The third-order valence-corrected chi connectivity index (χ3v) is 12.6. The Labute approximate surface area is 383 Å². The van der Waals surface area contributed by atoms with Crippen molar-refractivity contribution in [2.24, 2.45) is 0 Å². The van der Waals surface area contributed by atoms with E-state index in [1.165, 1.54) is 4.57 Å². The third kappa shape index (κ3) is 4.86. The van der Waals surface area contributed by atoms with Gasteiger partial charge in [0.25, 0.3) is 0 Å². The number of aromatic nitrogens is 5. The fraction of sp³-hybridized carbons (Fsp3) is 0. The highest BCUT2D eigenvalue weighted by atomic mass is 15.1. The summed E-state index contributed by atoms with van der Waals surface area (Å²) in [7, 11) is 0. The van der Waals surface area contributed by atoms with Crippen molar-refractivity contribution in [1.29, 1.82) is 0 Å². The zero-order chi connectivity index (χ0) is 51.5. The van der Waals surface area contributed by atoms with Gasteiger partial charge in [0.1, 0.15) is 5.82 Å². The summed E-state index contributed by atoms with van der Waals surface area (Å²) in [5, 5.41) is 5.21. The smallest absolute Gasteiger partial charge is 0.140 e. The van der Waals surface area contributed by atoms with Crippen LogP contribution in [0.5, 0.6) is 0 Å². The number of nitrogens with zero attached hydrogens (tertiary/aromatic N) is 5. The Hall–Kier alpha value is -8.67. The molecule has 64 heavy (non-hydrogen) atoms. The number of hydrogen-bond donors (Lipinski definition) is 0. The Balaban J connectivity index is 1.26. The van der Waals surface area contributed by atoms with Crippen LogP contribution in [-0.2, 0) is 0 Å². The molecule has 0 saturated carbocycles. The molecule has 0 N–H and O–H groups in total. The van der Waals surface area contributed by atoms with Crippen molar-refractivity contribution in [3.8, 4) is 34.1 Å². The molecule has 0 fully saturated rings. The van der Waals surface area contributed by atoms with E-state index in [9.17, 15) is 9.60 Å². The lowest BCUT2D eigenvalue weighted by Gasteiger charge is -2.21. The standard InChI is InChI=1S/C59H37N5/c1-9-26-48-39(18-1)40-19-2-10-27-49(40)61(48)38-36-47(60-58(37-38)64-54-32-15-7-24-45(54)46-25-8-16-33-55(46)64)59-56(62-50-28-11-3-20-41(50)42-21-4-12-29-51(42)62)34-17-35-57(59)63-52-30-13-5-22-43(52)44-23-6-14-31-53(44)63/h1-37H/i7D,8D,15D,16D,17D,24D,25D,32D,33D,34D,35D. The monoisotopic (exact) mass is 826 g/mol. The van der Waals surface area contributed by atoms with E-state index in [4.69, 9.17) is 10.5 Å². The summed E-state index contributed by atoms with van der Waals surface area (Å²) in [4.78, 5) is 5.53. The average Bonchev–Trinajstić information content (AvgIpc) is 4.29. The topological polar surface area (TPSA) is 32.6 Å². The van der Waals surface area contributed by atoms with Gasteiger partial charge in [0, 0.05) is 54.7 Å². The zero-order valence-electron chi connectivity index (χ0n) is 44.7. The quantitative estimate of drug-likeness (QED) is 0.170. The molecule has 14 rings (SSSR count). The Morgan fingerprint density at radius 2 is 0.672 bits per heavy atom. The summed E-state index contributed by atoms with van der Waals surface area (Å²) >= 11 is 0. The molecule has 9 aromatic carbocycles. The molecule has 5 heterocycles. The van der Waals surface area contributed by atoms with Gasteiger partial charge >= 0.3 is 0 Å². The third-order valence-electron chi connectivity index (χ3n) is 12.6. The maximum atomic E-state index is 10.2. The number of rotatable bonds is 5. The molecule has 0 bridgehead atoms. The normalized spacial score (nSPS) is 14.5. The van der Waals surface area contributed by atoms with Gasteiger partial charge in [-0.3, -0.25) is 4.57 Å². The summed E-state index contributed by atoms with van der Waals surface area (Å²) in [5.41, 5.74) is 5.76. The number of para-hydroxylation sites is 8. The van der Waals surface area contributed by atoms with E-state index in [0.29, 0.717) is 5.69 Å². The largest absolute Gasteiger partial charge is 0.309 e. The summed E-state index contributed by atoms with van der Waals surface area (Å²) in [6.45, 7) is 0. The number of fused-ring (bicyclic) bond motifs is 12. The second-order valence-electron chi connectivity index (χ2n) is 15.9. The van der Waals surface area contributed by atoms with Crippen LogP contribution < -0.4 is 0 Å². The van der Waals surface area contributed by atoms with Gasteiger partial charge in [0.15, 0.2) is 0 Å². The van der Waals surface area contributed by atoms with E-state index in [-0.39, 0.29) is 68.4 Å². The summed E-state index contributed by atoms with van der Waals surface area (Å²) in [6.07, 6.45) is 0. The lowest BCUT2D eigenvalue weighted by Crippen LogP contribution is -2.07. The van der Waals surface area contributed by atoms with Crippen molar-refractivity contribution < 1.29 is 15.1 Å². The first kappa shape index (κ1) is 26.0. The van der Waals surface area contributed by atoms with Gasteiger partial charge in [-0.2, -0.15) is 0 Å². The van der Waals surface area contributed by atoms with E-state index in [0.717, 1.165) is 65.4 Å². The molecular weight excluding hydrogens is 779 g/mol. The molecule has 298 valence electrons. The molecule has 14 aromatic rings. The van der Waals surface area contributed by atoms with Crippen molar-refractivity contribution in [2.45, 2.75) is 0 Å². The molecule has 0 atom stereocenters. The first-order valence-electron chi connectivity index (χ1n) is 26.5. The predicted molar refractivity (Wildman–Crippen MR) is 267 cm³/mol. The van der Waals surface area contributed by atoms with Crippen molar-refractivity contribution in [3.05, 3.63) is 224 Å². The Morgan fingerprint density at radius 1 is 0.312 bits per heavy atom. The van der Waals surface area contributed by atoms with Crippen LogP contribution in [0.15, 0.2) is 224 Å². The molecule has 0 amide bonds. The van der Waals surface area contributed by atoms with E-state index in [1.807, 2.05) is 161 Å². The first-order valence-corrected chi connectivity index (χ1v) is 21.0. The molecule has 5 aromatic heterocycles. The van der Waals surface area contributed by atoms with Crippen molar-refractivity contribution >= 4 is 87.2 Å². The molecule has 0 aliphatic heterocycles. The highest BCUT2D eigenvalue weighted by Gasteiger charge is 2.25. The van der Waals surface area contributed by atoms with Crippen LogP contribution in [0.4, 0.5) is 0 Å². The van der Waals surface area contributed by atoms with Crippen molar-refractivity contribution in [1.82, 2.24) is 23.3 Å². The minimum Gasteiger partial charge on any atom is -0.309 e. The van der Waals surface area contributed by atoms with Crippen LogP contribution in [0, 0.1) is 0 Å². The lowest BCUT2D eigenvalue weighted by molar-refractivity contribution is 1.05. The van der Waals surface area contributed by atoms with Crippen LogP contribution in [-0.4, -0.2) is 23.3 Å². The lowest BCUT2D eigenvalue weighted by atomic mass is 10.0. The van der Waals surface area contributed by atoms with Crippen molar-refractivity contribution in [2.75, 3.05) is 0 Å². The summed E-state index contributed by atoms with van der Waals surface area (Å²) in [6, 6.07) is 45.8. The van der Waals surface area contributed by atoms with Gasteiger partial charge in [0.2, 0.25) is 0 Å². The SMILES string of the molecule is [2H]c1c([2H])c(-n2c3ccccc3c3ccccc32)c(-c2cc(-n3c4ccccc4c4ccccc43)cc(-n3c4c([2H])c([2H])c([2H])c([2H])c4c4c([2H])c([2H])c([2H])c([2H])c43)n2)c(-n2c3ccccc3c3ccccc32)c1[2H]. The molecule has 5 nitrogen and oxygen atoms in total. The molecular formula is C59H37N5. The minimum atomic E-state index is -0.573. The Bertz CT molecular complexity index is 4490. The Morgan fingerprint density at radius 3 is 1.08 bits per heavy atom. The van der Waals surface area contributed by atoms with E-state index >= 15 is 0 Å². The van der Waals surface area contributed by atoms with Crippen molar-refractivity contribution in [3.63, 3.8) is 0 Å². The van der Waals surface area contributed by atoms with E-state index < -0.39 is 48.3 Å². The second kappa shape index (κ2) is 13.4. The van der Waals surface area contributed by atoms with E-state index in [1.54, 1.807) is 6.07 Å². The number of benzene rings is 9.